The van der Waals surface area contributed by atoms with Gasteiger partial charge >= 0.3 is 6.61 Å². The molecule has 2 atom stereocenters. The van der Waals surface area contributed by atoms with Gasteiger partial charge in [0.15, 0.2) is 0 Å². The van der Waals surface area contributed by atoms with E-state index in [1.165, 1.54) is 6.07 Å². The second kappa shape index (κ2) is 8.21. The maximum Gasteiger partial charge on any atom is 0.387 e. The third-order valence-corrected chi connectivity index (χ3v) is 3.62. The number of hydrogen-bond donors (Lipinski definition) is 1. The van der Waals surface area contributed by atoms with E-state index >= 15 is 0 Å². The Morgan fingerprint density at radius 2 is 2.26 bits per heavy atom. The molecule has 23 heavy (non-hydrogen) atoms. The lowest BCUT2D eigenvalue weighted by molar-refractivity contribution is -0.128. The zero-order valence-electron chi connectivity index (χ0n) is 13.2. The summed E-state index contributed by atoms with van der Waals surface area (Å²) in [6, 6.07) is 4.67. The Balaban J connectivity index is 1.95. The van der Waals surface area contributed by atoms with Gasteiger partial charge in [-0.1, -0.05) is 12.1 Å². The number of nitrogens with one attached hydrogen (secondary N) is 1. The lowest BCUT2D eigenvalue weighted by Gasteiger charge is -2.18. The van der Waals surface area contributed by atoms with Crippen molar-refractivity contribution in [2.45, 2.75) is 45.5 Å². The van der Waals surface area contributed by atoms with Crippen molar-refractivity contribution in [3.8, 4) is 5.75 Å². The molecule has 1 saturated heterocycles. The molecule has 2 unspecified atom stereocenters. The topological polar surface area (TPSA) is 56.8 Å². The first-order valence-electron chi connectivity index (χ1n) is 7.56. The molecule has 2 rings (SSSR count). The molecule has 1 heterocycles. The lowest BCUT2D eigenvalue weighted by atomic mass is 10.1. The molecule has 7 heteroatoms. The summed E-state index contributed by atoms with van der Waals surface area (Å²) in [5, 5.41) is 2.60. The molecule has 0 radical (unpaired) electrons. The maximum absolute atomic E-state index is 12.4. The van der Waals surface area contributed by atoms with Crippen LogP contribution in [0.3, 0.4) is 0 Å². The van der Waals surface area contributed by atoms with Gasteiger partial charge in [-0.25, -0.2) is 0 Å². The van der Waals surface area contributed by atoms with Crippen LogP contribution in [0, 0.1) is 6.92 Å². The predicted molar refractivity (Wildman–Crippen MR) is 80.8 cm³/mol. The minimum atomic E-state index is -2.96. The fraction of sp³-hybridized carbons (Fsp3) is 0.562. The number of benzene rings is 1. The van der Waals surface area contributed by atoms with Crippen molar-refractivity contribution in [2.24, 2.45) is 0 Å². The molecule has 1 N–H and O–H groups in total. The van der Waals surface area contributed by atoms with Crippen LogP contribution in [0.25, 0.3) is 0 Å². The van der Waals surface area contributed by atoms with Crippen molar-refractivity contribution in [2.75, 3.05) is 18.5 Å². The normalized spacial score (nSPS) is 18.9. The quantitative estimate of drug-likeness (QED) is 0.835. The van der Waals surface area contributed by atoms with Gasteiger partial charge in [-0.3, -0.25) is 4.79 Å². The summed E-state index contributed by atoms with van der Waals surface area (Å²) in [7, 11) is 0. The number of aryl methyl sites for hydroxylation is 1. The average Bonchev–Trinajstić information content (AvgIpc) is 3.01. The molecular formula is C16H21F2NO4. The molecule has 1 aliphatic rings. The molecule has 0 saturated carbocycles. The molecule has 1 amide bonds. The van der Waals surface area contributed by atoms with Crippen molar-refractivity contribution in [3.63, 3.8) is 0 Å². The number of amides is 1. The zero-order valence-corrected chi connectivity index (χ0v) is 13.2. The Hall–Kier alpha value is -1.73. The van der Waals surface area contributed by atoms with Gasteiger partial charge in [-0.15, -0.1) is 0 Å². The van der Waals surface area contributed by atoms with E-state index in [1.807, 2.05) is 0 Å². The molecule has 1 fully saturated rings. The van der Waals surface area contributed by atoms with Gasteiger partial charge in [-0.05, 0) is 38.3 Å². The van der Waals surface area contributed by atoms with E-state index in [0.29, 0.717) is 18.8 Å². The van der Waals surface area contributed by atoms with Crippen LogP contribution in [0.4, 0.5) is 14.5 Å². The number of halogens is 2. The number of carbonyl (C=O) groups excluding carboxylic acids is 1. The molecular weight excluding hydrogens is 308 g/mol. The summed E-state index contributed by atoms with van der Waals surface area (Å²) < 4.78 is 40.3. The third-order valence-electron chi connectivity index (χ3n) is 3.62. The maximum atomic E-state index is 12.4. The Labute approximate surface area is 133 Å². The van der Waals surface area contributed by atoms with Gasteiger partial charge in [0.05, 0.1) is 18.4 Å². The molecule has 0 bridgehead atoms. The van der Waals surface area contributed by atoms with Crippen LogP contribution >= 0.6 is 0 Å². The van der Waals surface area contributed by atoms with Crippen LogP contribution in [0.5, 0.6) is 5.75 Å². The number of rotatable bonds is 7. The summed E-state index contributed by atoms with van der Waals surface area (Å²) in [6.45, 7) is 1.40. The minimum Gasteiger partial charge on any atom is -0.433 e. The Morgan fingerprint density at radius 3 is 2.91 bits per heavy atom. The van der Waals surface area contributed by atoms with E-state index in [1.54, 1.807) is 26.0 Å². The summed E-state index contributed by atoms with van der Waals surface area (Å²) in [5.74, 6) is -0.490. The largest absolute Gasteiger partial charge is 0.433 e. The van der Waals surface area contributed by atoms with Crippen molar-refractivity contribution in [1.29, 1.82) is 0 Å². The molecule has 1 aromatic carbocycles. The van der Waals surface area contributed by atoms with E-state index in [4.69, 9.17) is 9.47 Å². The number of ether oxygens (including phenoxy) is 3. The highest BCUT2D eigenvalue weighted by Gasteiger charge is 2.21. The van der Waals surface area contributed by atoms with Crippen LogP contribution in [0.1, 0.15) is 25.3 Å². The van der Waals surface area contributed by atoms with Crippen molar-refractivity contribution in [3.05, 3.63) is 23.8 Å². The SMILES string of the molecule is Cc1cccc(OC(F)F)c1NC(=O)C(C)OCC1CCCO1. The monoisotopic (exact) mass is 329 g/mol. The van der Waals surface area contributed by atoms with E-state index in [9.17, 15) is 13.6 Å². The average molecular weight is 329 g/mol. The predicted octanol–water partition coefficient (Wildman–Crippen LogP) is 3.12. The molecule has 0 spiro atoms. The van der Waals surface area contributed by atoms with Crippen molar-refractivity contribution >= 4 is 11.6 Å². The minimum absolute atomic E-state index is 0.0152. The zero-order chi connectivity index (χ0) is 16.8. The Morgan fingerprint density at radius 1 is 1.48 bits per heavy atom. The Bertz CT molecular complexity index is 533. The standard InChI is InChI=1S/C16H21F2NO4/c1-10-5-3-7-13(23-16(17)18)14(10)19-15(20)11(2)22-9-12-6-4-8-21-12/h3,5,7,11-12,16H,4,6,8-9H2,1-2H3,(H,19,20). The molecule has 0 aliphatic carbocycles. The van der Waals surface area contributed by atoms with Gasteiger partial charge in [0, 0.05) is 6.61 Å². The fourth-order valence-electron chi connectivity index (χ4n) is 2.32. The first-order valence-corrected chi connectivity index (χ1v) is 7.56. The van der Waals surface area contributed by atoms with Gasteiger partial charge in [0.2, 0.25) is 0 Å². The molecule has 0 aromatic heterocycles. The van der Waals surface area contributed by atoms with Crippen LogP contribution in [0.15, 0.2) is 18.2 Å². The lowest BCUT2D eigenvalue weighted by Crippen LogP contribution is -2.31. The van der Waals surface area contributed by atoms with Gasteiger partial charge in [0.1, 0.15) is 11.9 Å². The number of carbonyl (C=O) groups is 1. The van der Waals surface area contributed by atoms with Crippen LogP contribution in [-0.4, -0.2) is 37.9 Å². The highest BCUT2D eigenvalue weighted by Crippen LogP contribution is 2.29. The number of anilines is 1. The van der Waals surface area contributed by atoms with Gasteiger partial charge in [0.25, 0.3) is 5.91 Å². The van der Waals surface area contributed by atoms with Crippen molar-refractivity contribution < 1.29 is 27.8 Å². The molecule has 1 aliphatic heterocycles. The smallest absolute Gasteiger partial charge is 0.387 e. The highest BCUT2D eigenvalue weighted by atomic mass is 19.3. The third kappa shape index (κ3) is 5.14. The molecule has 128 valence electrons. The van der Waals surface area contributed by atoms with Crippen LogP contribution in [-0.2, 0) is 14.3 Å². The fourth-order valence-corrected chi connectivity index (χ4v) is 2.32. The van der Waals surface area contributed by atoms with Crippen LogP contribution < -0.4 is 10.1 Å². The molecule has 5 nitrogen and oxygen atoms in total. The highest BCUT2D eigenvalue weighted by molar-refractivity contribution is 5.96. The van der Waals surface area contributed by atoms with Gasteiger partial charge < -0.3 is 19.5 Å². The second-order valence-corrected chi connectivity index (χ2v) is 5.43. The first kappa shape index (κ1) is 17.6. The molecule has 1 aromatic rings. The number of para-hydroxylation sites is 1. The first-order chi connectivity index (χ1) is 11.0. The Kier molecular flexibility index (Phi) is 6.29. The second-order valence-electron chi connectivity index (χ2n) is 5.43. The summed E-state index contributed by atoms with van der Waals surface area (Å²) >= 11 is 0. The van der Waals surface area contributed by atoms with Crippen molar-refractivity contribution in [1.82, 2.24) is 0 Å². The summed E-state index contributed by atoms with van der Waals surface area (Å²) in [5.41, 5.74) is 0.855. The van der Waals surface area contributed by atoms with E-state index in [0.717, 1.165) is 12.8 Å². The van der Waals surface area contributed by atoms with Gasteiger partial charge in [-0.2, -0.15) is 8.78 Å². The number of alkyl halides is 2. The van der Waals surface area contributed by atoms with E-state index in [2.05, 4.69) is 10.1 Å². The van der Waals surface area contributed by atoms with E-state index < -0.39 is 18.6 Å². The van der Waals surface area contributed by atoms with E-state index in [-0.39, 0.29) is 17.5 Å². The summed E-state index contributed by atoms with van der Waals surface area (Å²) in [4.78, 5) is 12.2. The van der Waals surface area contributed by atoms with Crippen LogP contribution in [0.2, 0.25) is 0 Å². The summed E-state index contributed by atoms with van der Waals surface area (Å²) in [6.07, 6.45) is 1.20. The number of hydrogen-bond acceptors (Lipinski definition) is 4.